The molecule has 1 aromatic rings. The molecule has 0 spiro atoms. The molecular weight excluding hydrogens is 251 g/mol. The maximum atomic E-state index is 11.5. The van der Waals surface area contributed by atoms with Gasteiger partial charge in [0, 0.05) is 5.56 Å². The molecule has 0 aromatic heterocycles. The topological polar surface area (TPSA) is 17.1 Å². The summed E-state index contributed by atoms with van der Waals surface area (Å²) in [6.45, 7) is 0. The van der Waals surface area contributed by atoms with Gasteiger partial charge in [-0.15, -0.1) is 0 Å². The highest BCUT2D eigenvalue weighted by atomic mass is 35.7. The largest absolute Gasteiger partial charge is 0.290 e. The molecule has 5 heteroatoms. The number of hydrogen-bond donors (Lipinski definition) is 0. The minimum Gasteiger partial charge on any atom is -0.290 e. The first kappa shape index (κ1) is 11.2. The summed E-state index contributed by atoms with van der Waals surface area (Å²) in [5.41, 5.74) is 0.445. The third-order valence-corrected chi connectivity index (χ3v) is 3.75. The summed E-state index contributed by atoms with van der Waals surface area (Å²) in [7, 11) is 5.95. The Morgan fingerprint density at radius 1 is 1.23 bits per heavy atom. The number of carbonyl (C=O) groups is 1. The van der Waals surface area contributed by atoms with Crippen LogP contribution in [-0.4, -0.2) is 9.45 Å². The molecule has 1 aromatic carbocycles. The molecule has 0 saturated heterocycles. The van der Waals surface area contributed by atoms with Gasteiger partial charge in [-0.3, -0.25) is 4.79 Å². The Hall–Kier alpha value is 0.110. The molecule has 0 heterocycles. The highest BCUT2D eigenvalue weighted by Crippen LogP contribution is 2.40. The Labute approximate surface area is 94.9 Å². The molecule has 0 aliphatic rings. The van der Waals surface area contributed by atoms with E-state index in [1.165, 1.54) is 0 Å². The van der Waals surface area contributed by atoms with E-state index in [0.29, 0.717) is 16.5 Å². The fraction of sp³-hybridized carbons (Fsp3) is 0.125. The first-order chi connectivity index (χ1) is 6.08. The summed E-state index contributed by atoms with van der Waals surface area (Å²) in [6, 6.07) is 8.53. The van der Waals surface area contributed by atoms with Crippen LogP contribution in [0.2, 0.25) is 0 Å². The number of hydrogen-bond acceptors (Lipinski definition) is 2. The smallest absolute Gasteiger partial charge is 0.239 e. The second-order valence-electron chi connectivity index (χ2n) is 2.29. The van der Waals surface area contributed by atoms with Crippen molar-refractivity contribution in [3.05, 3.63) is 35.9 Å². The number of rotatable bonds is 3. The average Bonchev–Trinajstić information content (AvgIpc) is 2.18. The van der Waals surface area contributed by atoms with Gasteiger partial charge in [0.25, 0.3) is 0 Å². The number of halogens is 3. The molecule has 1 nitrogen and oxygen atoms in total. The lowest BCUT2D eigenvalue weighted by atomic mass is 10.1. The van der Waals surface area contributed by atoms with Crippen LogP contribution in [0.25, 0.3) is 0 Å². The van der Waals surface area contributed by atoms with Gasteiger partial charge in [-0.05, 0) is 21.7 Å². The fourth-order valence-corrected chi connectivity index (χ4v) is 1.41. The van der Waals surface area contributed by atoms with E-state index in [-0.39, 0.29) is 0 Å². The van der Waals surface area contributed by atoms with Crippen molar-refractivity contribution in [3.8, 4) is 0 Å². The van der Waals surface area contributed by atoms with Gasteiger partial charge in [0.05, 0.1) is 0 Å². The van der Waals surface area contributed by atoms with Crippen LogP contribution in [0.3, 0.4) is 0 Å². The zero-order valence-electron chi connectivity index (χ0n) is 6.34. The van der Waals surface area contributed by atoms with Crippen LogP contribution in [-0.2, 0) is 0 Å². The molecule has 0 aliphatic carbocycles. The molecule has 0 saturated carbocycles. The second kappa shape index (κ2) is 4.56. The van der Waals surface area contributed by atoms with E-state index in [1.54, 1.807) is 30.3 Å². The van der Waals surface area contributed by atoms with Crippen molar-refractivity contribution < 1.29 is 4.79 Å². The number of carbonyl (C=O) groups excluding carboxylic acids is 1. The molecule has 0 fully saturated rings. The third kappa shape index (κ3) is 2.78. The zero-order valence-corrected chi connectivity index (χ0v) is 9.42. The number of Topliss-reactive ketones (excluding diaryl/α,β-unsaturated/α-hetero) is 1. The van der Waals surface area contributed by atoms with Gasteiger partial charge in [-0.25, -0.2) is 0 Å². The van der Waals surface area contributed by atoms with Crippen molar-refractivity contribution in [2.24, 2.45) is 0 Å². The summed E-state index contributed by atoms with van der Waals surface area (Å²) >= 11 is 11.3. The monoisotopic (exact) mass is 254 g/mol. The Balaban J connectivity index is 2.93. The standard InChI is InChI=1S/C8H5Cl3OS/c9-8(10,13-11)7(12)6-4-2-1-3-5-6/h1-5H. The van der Waals surface area contributed by atoms with Crippen LogP contribution >= 0.6 is 44.9 Å². The number of benzene rings is 1. The molecule has 0 aliphatic heterocycles. The molecule has 70 valence electrons. The van der Waals surface area contributed by atoms with Gasteiger partial charge < -0.3 is 0 Å². The van der Waals surface area contributed by atoms with Crippen molar-refractivity contribution in [1.29, 1.82) is 0 Å². The molecule has 0 amide bonds. The van der Waals surface area contributed by atoms with Crippen molar-refractivity contribution in [2.45, 2.75) is 3.67 Å². The first-order valence-electron chi connectivity index (χ1n) is 3.35. The van der Waals surface area contributed by atoms with E-state index in [0.717, 1.165) is 0 Å². The van der Waals surface area contributed by atoms with Crippen LogP contribution in [0.1, 0.15) is 10.4 Å². The minimum atomic E-state index is -1.61. The molecule has 0 N–H and O–H groups in total. The third-order valence-electron chi connectivity index (χ3n) is 1.40. The molecule has 0 bridgehead atoms. The number of alkyl halides is 2. The predicted molar refractivity (Wildman–Crippen MR) is 58.7 cm³/mol. The zero-order chi connectivity index (χ0) is 9.90. The minimum absolute atomic E-state index is 0.406. The van der Waals surface area contributed by atoms with Crippen LogP contribution in [0.5, 0.6) is 0 Å². The summed E-state index contributed by atoms with van der Waals surface area (Å²) < 4.78 is -1.61. The maximum absolute atomic E-state index is 11.5. The summed E-state index contributed by atoms with van der Waals surface area (Å²) in [5.74, 6) is -0.406. The van der Waals surface area contributed by atoms with Crippen molar-refractivity contribution >= 4 is 50.6 Å². The van der Waals surface area contributed by atoms with E-state index in [2.05, 4.69) is 0 Å². The van der Waals surface area contributed by atoms with Gasteiger partial charge in [-0.1, -0.05) is 53.5 Å². The van der Waals surface area contributed by atoms with Crippen molar-refractivity contribution in [2.75, 3.05) is 0 Å². The van der Waals surface area contributed by atoms with E-state index >= 15 is 0 Å². The van der Waals surface area contributed by atoms with Crippen LogP contribution in [0.15, 0.2) is 30.3 Å². The average molecular weight is 256 g/mol. The van der Waals surface area contributed by atoms with Gasteiger partial charge in [0.2, 0.25) is 9.45 Å². The van der Waals surface area contributed by atoms with Crippen molar-refractivity contribution in [1.82, 2.24) is 0 Å². The van der Waals surface area contributed by atoms with Crippen LogP contribution < -0.4 is 0 Å². The van der Waals surface area contributed by atoms with E-state index in [9.17, 15) is 4.79 Å². The molecular formula is C8H5Cl3OS. The lowest BCUT2D eigenvalue weighted by Gasteiger charge is -2.12. The summed E-state index contributed by atoms with van der Waals surface area (Å²) in [4.78, 5) is 11.5. The highest BCUT2D eigenvalue weighted by Gasteiger charge is 2.34. The highest BCUT2D eigenvalue weighted by molar-refractivity contribution is 8.24. The quantitative estimate of drug-likeness (QED) is 0.602. The lowest BCUT2D eigenvalue weighted by molar-refractivity contribution is 0.0999. The Bertz CT molecular complexity index is 300. The van der Waals surface area contributed by atoms with E-state index in [4.69, 9.17) is 33.9 Å². The van der Waals surface area contributed by atoms with Gasteiger partial charge in [-0.2, -0.15) is 0 Å². The molecule has 0 atom stereocenters. The molecule has 13 heavy (non-hydrogen) atoms. The molecule has 0 radical (unpaired) electrons. The normalized spacial score (nSPS) is 11.3. The Morgan fingerprint density at radius 3 is 2.23 bits per heavy atom. The first-order valence-corrected chi connectivity index (χ1v) is 5.75. The summed E-state index contributed by atoms with van der Waals surface area (Å²) in [6.07, 6.45) is 0. The molecule has 0 unspecified atom stereocenters. The predicted octanol–water partition coefficient (Wildman–Crippen LogP) is 3.89. The summed E-state index contributed by atoms with van der Waals surface area (Å²) in [5, 5.41) is 0. The Kier molecular flexibility index (Phi) is 3.92. The molecule has 1 rings (SSSR count). The Morgan fingerprint density at radius 2 is 1.77 bits per heavy atom. The van der Waals surface area contributed by atoms with E-state index < -0.39 is 9.45 Å². The van der Waals surface area contributed by atoms with Gasteiger partial charge in [0.15, 0.2) is 0 Å². The number of ketones is 1. The second-order valence-corrected chi connectivity index (χ2v) is 5.29. The van der Waals surface area contributed by atoms with Gasteiger partial charge >= 0.3 is 0 Å². The maximum Gasteiger partial charge on any atom is 0.239 e. The fourth-order valence-electron chi connectivity index (χ4n) is 0.793. The van der Waals surface area contributed by atoms with E-state index in [1.807, 2.05) is 0 Å². The van der Waals surface area contributed by atoms with Gasteiger partial charge in [0.1, 0.15) is 0 Å². The SMILES string of the molecule is O=C(c1ccccc1)C(Cl)(Cl)SCl. The lowest BCUT2D eigenvalue weighted by Crippen LogP contribution is -2.20. The van der Waals surface area contributed by atoms with Crippen molar-refractivity contribution in [3.63, 3.8) is 0 Å². The van der Waals surface area contributed by atoms with Crippen LogP contribution in [0, 0.1) is 0 Å². The van der Waals surface area contributed by atoms with Crippen LogP contribution in [0.4, 0.5) is 0 Å².